The van der Waals surface area contributed by atoms with Crippen LogP contribution in [0.2, 0.25) is 5.02 Å². The van der Waals surface area contributed by atoms with Gasteiger partial charge in [-0.1, -0.05) is 29.8 Å². The van der Waals surface area contributed by atoms with Crippen molar-refractivity contribution in [2.75, 3.05) is 0 Å². The van der Waals surface area contributed by atoms with Gasteiger partial charge < -0.3 is 9.67 Å². The zero-order valence-corrected chi connectivity index (χ0v) is 12.1. The van der Waals surface area contributed by atoms with Crippen LogP contribution in [0.5, 0.6) is 5.75 Å². The Morgan fingerprint density at radius 1 is 1.10 bits per heavy atom. The number of halogens is 1. The van der Waals surface area contributed by atoms with E-state index in [-0.39, 0.29) is 11.8 Å². The number of aromatic hydroxyl groups is 1. The van der Waals surface area contributed by atoms with E-state index in [4.69, 9.17) is 11.6 Å². The molecule has 20 heavy (non-hydrogen) atoms. The van der Waals surface area contributed by atoms with E-state index in [1.807, 2.05) is 30.3 Å². The summed E-state index contributed by atoms with van der Waals surface area (Å²) < 4.78 is 2.06. The van der Waals surface area contributed by atoms with E-state index in [0.717, 1.165) is 16.9 Å². The molecule has 0 atom stereocenters. The lowest BCUT2D eigenvalue weighted by molar-refractivity contribution is 0.476. The molecule has 4 heteroatoms. The second kappa shape index (κ2) is 4.84. The van der Waals surface area contributed by atoms with Crippen molar-refractivity contribution in [1.82, 2.24) is 9.55 Å². The maximum atomic E-state index is 10.1. The van der Waals surface area contributed by atoms with E-state index in [2.05, 4.69) is 23.4 Å². The summed E-state index contributed by atoms with van der Waals surface area (Å²) in [4.78, 5) is 4.64. The van der Waals surface area contributed by atoms with Crippen molar-refractivity contribution >= 4 is 22.6 Å². The lowest BCUT2D eigenvalue weighted by Crippen LogP contribution is -2.03. The summed E-state index contributed by atoms with van der Waals surface area (Å²) in [5, 5.41) is 10.7. The number of aromatic nitrogens is 2. The van der Waals surface area contributed by atoms with Crippen LogP contribution in [-0.4, -0.2) is 14.7 Å². The van der Waals surface area contributed by atoms with Crippen LogP contribution < -0.4 is 0 Å². The molecule has 0 bridgehead atoms. The fourth-order valence-corrected chi connectivity index (χ4v) is 2.72. The molecule has 0 aliphatic heterocycles. The second-order valence-electron chi connectivity index (χ2n) is 5.02. The molecule has 3 rings (SSSR count). The maximum absolute atomic E-state index is 10.1. The van der Waals surface area contributed by atoms with Crippen LogP contribution in [0.15, 0.2) is 42.5 Å². The number of rotatable bonds is 2. The van der Waals surface area contributed by atoms with Crippen LogP contribution in [0.25, 0.3) is 22.4 Å². The molecule has 102 valence electrons. The smallest absolute Gasteiger partial charge is 0.145 e. The van der Waals surface area contributed by atoms with E-state index >= 15 is 0 Å². The first-order chi connectivity index (χ1) is 9.59. The molecule has 1 aromatic heterocycles. The SMILES string of the molecule is CC(C)n1c(-c2ccccc2O)nc2cccc(Cl)c21. The molecule has 0 aliphatic carbocycles. The highest BCUT2D eigenvalue weighted by atomic mass is 35.5. The largest absolute Gasteiger partial charge is 0.507 e. The van der Waals surface area contributed by atoms with Crippen LogP contribution >= 0.6 is 11.6 Å². The minimum atomic E-state index is 0.189. The second-order valence-corrected chi connectivity index (χ2v) is 5.43. The summed E-state index contributed by atoms with van der Waals surface area (Å²) in [6.45, 7) is 4.15. The van der Waals surface area contributed by atoms with Gasteiger partial charge in [-0.25, -0.2) is 4.98 Å². The predicted molar refractivity (Wildman–Crippen MR) is 82.2 cm³/mol. The Bertz CT molecular complexity index is 777. The first kappa shape index (κ1) is 13.0. The highest BCUT2D eigenvalue weighted by molar-refractivity contribution is 6.35. The van der Waals surface area contributed by atoms with Gasteiger partial charge in [-0.3, -0.25) is 0 Å². The van der Waals surface area contributed by atoms with Gasteiger partial charge in [0.05, 0.1) is 21.6 Å². The van der Waals surface area contributed by atoms with Gasteiger partial charge in [0.1, 0.15) is 11.6 Å². The molecule has 3 aromatic rings. The van der Waals surface area contributed by atoms with Crippen molar-refractivity contribution in [2.24, 2.45) is 0 Å². The molecule has 0 saturated heterocycles. The molecule has 1 N–H and O–H groups in total. The Morgan fingerprint density at radius 3 is 2.55 bits per heavy atom. The number of imidazole rings is 1. The molecule has 0 spiro atoms. The van der Waals surface area contributed by atoms with Gasteiger partial charge in [0, 0.05) is 6.04 Å². The van der Waals surface area contributed by atoms with E-state index in [1.54, 1.807) is 12.1 Å². The molecule has 0 fully saturated rings. The monoisotopic (exact) mass is 286 g/mol. The van der Waals surface area contributed by atoms with Crippen molar-refractivity contribution < 1.29 is 5.11 Å². The number of phenols is 1. The van der Waals surface area contributed by atoms with Gasteiger partial charge >= 0.3 is 0 Å². The van der Waals surface area contributed by atoms with Gasteiger partial charge in [0.15, 0.2) is 0 Å². The Hall–Kier alpha value is -2.00. The van der Waals surface area contributed by atoms with E-state index in [1.165, 1.54) is 0 Å². The number of phenolic OH excluding ortho intramolecular Hbond substituents is 1. The summed E-state index contributed by atoms with van der Waals surface area (Å²) in [6.07, 6.45) is 0. The zero-order valence-electron chi connectivity index (χ0n) is 11.3. The van der Waals surface area contributed by atoms with E-state index < -0.39 is 0 Å². The van der Waals surface area contributed by atoms with Crippen molar-refractivity contribution in [3.05, 3.63) is 47.5 Å². The molecular weight excluding hydrogens is 272 g/mol. The van der Waals surface area contributed by atoms with Crippen molar-refractivity contribution in [2.45, 2.75) is 19.9 Å². The molecule has 0 radical (unpaired) electrons. The van der Waals surface area contributed by atoms with E-state index in [0.29, 0.717) is 10.6 Å². The van der Waals surface area contributed by atoms with Crippen LogP contribution in [0.4, 0.5) is 0 Å². The number of hydrogen-bond acceptors (Lipinski definition) is 2. The van der Waals surface area contributed by atoms with Crippen molar-refractivity contribution in [3.63, 3.8) is 0 Å². The van der Waals surface area contributed by atoms with Crippen LogP contribution in [0.3, 0.4) is 0 Å². The van der Waals surface area contributed by atoms with Gasteiger partial charge in [-0.2, -0.15) is 0 Å². The Balaban J connectivity index is 2.40. The fourth-order valence-electron chi connectivity index (χ4n) is 2.46. The molecular formula is C16H15ClN2O. The van der Waals surface area contributed by atoms with E-state index in [9.17, 15) is 5.11 Å². The predicted octanol–water partition coefficient (Wildman–Crippen LogP) is 4.64. The average Bonchev–Trinajstić information content (AvgIpc) is 2.80. The molecule has 2 aromatic carbocycles. The summed E-state index contributed by atoms with van der Waals surface area (Å²) in [5.41, 5.74) is 2.46. The molecule has 3 nitrogen and oxygen atoms in total. The molecule has 1 heterocycles. The van der Waals surface area contributed by atoms with Gasteiger partial charge in [-0.05, 0) is 38.1 Å². The van der Waals surface area contributed by atoms with Gasteiger partial charge in [0.25, 0.3) is 0 Å². The van der Waals surface area contributed by atoms with Crippen molar-refractivity contribution in [1.29, 1.82) is 0 Å². The average molecular weight is 287 g/mol. The van der Waals surface area contributed by atoms with Crippen LogP contribution in [-0.2, 0) is 0 Å². The zero-order chi connectivity index (χ0) is 14.3. The van der Waals surface area contributed by atoms with Crippen LogP contribution in [0.1, 0.15) is 19.9 Å². The number of para-hydroxylation sites is 2. The van der Waals surface area contributed by atoms with Crippen LogP contribution in [0, 0.1) is 0 Å². The summed E-state index contributed by atoms with van der Waals surface area (Å²) in [6, 6.07) is 13.1. The maximum Gasteiger partial charge on any atom is 0.145 e. The standard InChI is InChI=1S/C16H15ClN2O/c1-10(2)19-15-12(17)7-5-8-13(15)18-16(19)11-6-3-4-9-14(11)20/h3-10,20H,1-2H3. The lowest BCUT2D eigenvalue weighted by Gasteiger charge is -2.14. The minimum absolute atomic E-state index is 0.189. The number of hydrogen-bond donors (Lipinski definition) is 1. The van der Waals surface area contributed by atoms with Gasteiger partial charge in [0.2, 0.25) is 0 Å². The molecule has 0 amide bonds. The summed E-state index contributed by atoms with van der Waals surface area (Å²) in [7, 11) is 0. The third kappa shape index (κ3) is 1.95. The van der Waals surface area contributed by atoms with Crippen molar-refractivity contribution in [3.8, 4) is 17.1 Å². The Morgan fingerprint density at radius 2 is 1.85 bits per heavy atom. The summed E-state index contributed by atoms with van der Waals surface area (Å²) >= 11 is 6.32. The summed E-state index contributed by atoms with van der Waals surface area (Å²) in [5.74, 6) is 0.960. The minimum Gasteiger partial charge on any atom is -0.507 e. The Kier molecular flexibility index (Phi) is 3.14. The first-order valence-corrected chi connectivity index (χ1v) is 6.92. The highest BCUT2D eigenvalue weighted by Crippen LogP contribution is 2.35. The number of benzene rings is 2. The topological polar surface area (TPSA) is 38.0 Å². The third-order valence-corrected chi connectivity index (χ3v) is 3.63. The highest BCUT2D eigenvalue weighted by Gasteiger charge is 2.18. The normalized spacial score (nSPS) is 11.4. The first-order valence-electron chi connectivity index (χ1n) is 6.54. The lowest BCUT2D eigenvalue weighted by atomic mass is 10.2. The molecule has 0 aliphatic rings. The van der Waals surface area contributed by atoms with Gasteiger partial charge in [-0.15, -0.1) is 0 Å². The third-order valence-electron chi connectivity index (χ3n) is 3.32. The molecule has 0 saturated carbocycles. The number of nitrogens with zero attached hydrogens (tertiary/aromatic N) is 2. The Labute approximate surface area is 122 Å². The molecule has 0 unspecified atom stereocenters. The number of fused-ring (bicyclic) bond motifs is 1. The fraction of sp³-hybridized carbons (Fsp3) is 0.188. The quantitative estimate of drug-likeness (QED) is 0.745.